The number of β-amino-alcohol motifs (C(OH)–C–C–N with tert-alkyl or cyclic N) is 1. The molecule has 6 heteroatoms. The van der Waals surface area contributed by atoms with Crippen LogP contribution < -0.4 is 5.32 Å². The summed E-state index contributed by atoms with van der Waals surface area (Å²) in [5.74, 6) is 0.468. The number of amides is 1. The van der Waals surface area contributed by atoms with Crippen LogP contribution in [0.3, 0.4) is 0 Å². The molecule has 2 heterocycles. The number of nitrogens with zero attached hydrogens (tertiary/aromatic N) is 2. The van der Waals surface area contributed by atoms with Gasteiger partial charge in [0.25, 0.3) is 5.91 Å². The zero-order valence-electron chi connectivity index (χ0n) is 17.0. The maximum absolute atomic E-state index is 12.9. The van der Waals surface area contributed by atoms with Gasteiger partial charge in [-0.05, 0) is 68.1 Å². The van der Waals surface area contributed by atoms with Crippen molar-refractivity contribution in [2.75, 3.05) is 26.2 Å². The van der Waals surface area contributed by atoms with Gasteiger partial charge >= 0.3 is 0 Å². The number of aryl methyl sites for hydroxylation is 1. The number of aromatic nitrogens is 1. The summed E-state index contributed by atoms with van der Waals surface area (Å²) in [4.78, 5) is 20.1. The van der Waals surface area contributed by atoms with E-state index in [9.17, 15) is 4.79 Å². The molecule has 2 N–H and O–H groups in total. The molecule has 1 fully saturated rings. The number of benzene rings is 2. The van der Waals surface area contributed by atoms with Crippen molar-refractivity contribution in [3.63, 3.8) is 0 Å². The first-order valence-corrected chi connectivity index (χ1v) is 11.7. The van der Waals surface area contributed by atoms with Crippen molar-refractivity contribution in [2.24, 2.45) is 0 Å². The molecule has 5 rings (SSSR count). The van der Waals surface area contributed by atoms with Crippen LogP contribution in [0.25, 0.3) is 10.2 Å². The van der Waals surface area contributed by atoms with E-state index in [2.05, 4.69) is 28.4 Å². The third-order valence-corrected chi connectivity index (χ3v) is 7.64. The Kier molecular flexibility index (Phi) is 5.54. The highest BCUT2D eigenvalue weighted by Gasteiger charge is 2.25. The van der Waals surface area contributed by atoms with Gasteiger partial charge < -0.3 is 15.3 Å². The fourth-order valence-electron chi connectivity index (χ4n) is 4.75. The molecule has 156 valence electrons. The van der Waals surface area contributed by atoms with Crippen LogP contribution in [0, 0.1) is 0 Å². The monoisotopic (exact) mass is 421 g/mol. The lowest BCUT2D eigenvalue weighted by atomic mass is 9.97. The lowest BCUT2D eigenvalue weighted by Crippen LogP contribution is -2.34. The predicted octanol–water partition coefficient (Wildman–Crippen LogP) is 3.89. The molecule has 5 nitrogen and oxygen atoms in total. The highest BCUT2D eigenvalue weighted by atomic mass is 32.1. The average molecular weight is 422 g/mol. The smallest absolute Gasteiger partial charge is 0.251 e. The van der Waals surface area contributed by atoms with Gasteiger partial charge in [-0.1, -0.05) is 24.3 Å². The molecule has 30 heavy (non-hydrogen) atoms. The van der Waals surface area contributed by atoms with E-state index in [0.29, 0.717) is 11.5 Å². The molecule has 0 spiro atoms. The number of fused-ring (bicyclic) bond motifs is 2. The van der Waals surface area contributed by atoms with E-state index < -0.39 is 0 Å². The third-order valence-electron chi connectivity index (χ3n) is 6.46. The molecule has 1 aromatic heterocycles. The lowest BCUT2D eigenvalue weighted by Gasteiger charge is -2.30. The molecule has 2 aliphatic rings. The quantitative estimate of drug-likeness (QED) is 0.656. The molecule has 1 amide bonds. The minimum absolute atomic E-state index is 0.00846. The fraction of sp³-hybridized carbons (Fsp3) is 0.417. The number of carbonyl (C=O) groups is 1. The zero-order chi connectivity index (χ0) is 20.5. The first kappa shape index (κ1) is 19.7. The van der Waals surface area contributed by atoms with E-state index in [-0.39, 0.29) is 18.6 Å². The normalized spacial score (nSPS) is 19.8. The second kappa shape index (κ2) is 8.46. The number of likely N-dealkylation sites (tertiary alicyclic amines) is 1. The van der Waals surface area contributed by atoms with E-state index in [0.717, 1.165) is 55.5 Å². The summed E-state index contributed by atoms with van der Waals surface area (Å²) >= 11 is 1.72. The van der Waals surface area contributed by atoms with Gasteiger partial charge in [0.15, 0.2) is 0 Å². The van der Waals surface area contributed by atoms with Gasteiger partial charge in [-0.3, -0.25) is 4.79 Å². The fourth-order valence-corrected chi connectivity index (χ4v) is 5.93. The summed E-state index contributed by atoms with van der Waals surface area (Å²) in [5, 5.41) is 13.5. The number of thiazole rings is 1. The zero-order valence-corrected chi connectivity index (χ0v) is 17.8. The summed E-state index contributed by atoms with van der Waals surface area (Å²) in [5.41, 5.74) is 4.28. The van der Waals surface area contributed by atoms with Crippen molar-refractivity contribution in [3.05, 3.63) is 64.2 Å². The van der Waals surface area contributed by atoms with Gasteiger partial charge in [0.05, 0.1) is 27.9 Å². The van der Waals surface area contributed by atoms with Crippen LogP contribution in [-0.4, -0.2) is 47.1 Å². The minimum atomic E-state index is -0.00846. The number of piperidine rings is 1. The topological polar surface area (TPSA) is 65.5 Å². The molecule has 1 aliphatic heterocycles. The standard InChI is InChI=1S/C24H27N3O2S/c28-14-13-27-11-9-17(10-12-27)24-26-21-8-6-18(15-22(21)30-24)23(29)25-20-7-5-16-3-1-2-4-19(16)20/h1-4,6,8,15,17,20,28H,5,7,9-14H2,(H,25,29). The molecule has 0 saturated carbocycles. The van der Waals surface area contributed by atoms with E-state index >= 15 is 0 Å². The van der Waals surface area contributed by atoms with Crippen molar-refractivity contribution in [1.82, 2.24) is 15.2 Å². The Balaban J connectivity index is 1.29. The van der Waals surface area contributed by atoms with E-state index in [1.807, 2.05) is 24.3 Å². The molecular formula is C24H27N3O2S. The SMILES string of the molecule is O=C(NC1CCc2ccccc21)c1ccc2nc(C3CCN(CCO)CC3)sc2c1. The number of rotatable bonds is 5. The van der Waals surface area contributed by atoms with Crippen LogP contribution in [0.15, 0.2) is 42.5 Å². The molecule has 0 bridgehead atoms. The van der Waals surface area contributed by atoms with Gasteiger partial charge in [0.1, 0.15) is 0 Å². The molecule has 1 saturated heterocycles. The average Bonchev–Trinajstić information content (AvgIpc) is 3.38. The second-order valence-corrected chi connectivity index (χ2v) is 9.40. The number of aliphatic hydroxyl groups is 1. The van der Waals surface area contributed by atoms with Crippen molar-refractivity contribution >= 4 is 27.5 Å². The maximum Gasteiger partial charge on any atom is 0.251 e. The summed E-state index contributed by atoms with van der Waals surface area (Å²) < 4.78 is 1.09. The summed E-state index contributed by atoms with van der Waals surface area (Å²) in [6, 6.07) is 14.4. The van der Waals surface area contributed by atoms with E-state index in [1.165, 1.54) is 16.1 Å². The van der Waals surface area contributed by atoms with Crippen LogP contribution in [0.1, 0.15) is 57.7 Å². The van der Waals surface area contributed by atoms with E-state index in [1.54, 1.807) is 11.3 Å². The second-order valence-electron chi connectivity index (χ2n) is 8.34. The largest absolute Gasteiger partial charge is 0.395 e. The highest BCUT2D eigenvalue weighted by Crippen LogP contribution is 2.35. The number of hydrogen-bond donors (Lipinski definition) is 2. The first-order chi connectivity index (χ1) is 14.7. The van der Waals surface area contributed by atoms with Crippen molar-refractivity contribution in [2.45, 2.75) is 37.6 Å². The Morgan fingerprint density at radius 2 is 2.00 bits per heavy atom. The Labute approximate surface area is 180 Å². The van der Waals surface area contributed by atoms with Crippen LogP contribution in [-0.2, 0) is 6.42 Å². The van der Waals surface area contributed by atoms with Gasteiger partial charge in [0, 0.05) is 18.0 Å². The molecule has 2 aromatic carbocycles. The number of nitrogens with one attached hydrogen (secondary N) is 1. The first-order valence-electron chi connectivity index (χ1n) is 10.8. The van der Waals surface area contributed by atoms with Crippen molar-refractivity contribution in [3.8, 4) is 0 Å². The Morgan fingerprint density at radius 1 is 1.17 bits per heavy atom. The number of carbonyl (C=O) groups excluding carboxylic acids is 1. The molecular weight excluding hydrogens is 394 g/mol. The molecule has 1 unspecified atom stereocenters. The molecule has 3 aromatic rings. The van der Waals surface area contributed by atoms with Crippen LogP contribution in [0.4, 0.5) is 0 Å². The van der Waals surface area contributed by atoms with Gasteiger partial charge in [-0.15, -0.1) is 11.3 Å². The molecule has 1 aliphatic carbocycles. The van der Waals surface area contributed by atoms with Crippen LogP contribution >= 0.6 is 11.3 Å². The Bertz CT molecular complexity index is 1060. The number of hydrogen-bond acceptors (Lipinski definition) is 5. The van der Waals surface area contributed by atoms with Crippen molar-refractivity contribution < 1.29 is 9.90 Å². The van der Waals surface area contributed by atoms with Gasteiger partial charge in [-0.25, -0.2) is 4.98 Å². The van der Waals surface area contributed by atoms with Gasteiger partial charge in [0.2, 0.25) is 0 Å². The Morgan fingerprint density at radius 3 is 2.83 bits per heavy atom. The van der Waals surface area contributed by atoms with Crippen LogP contribution in [0.2, 0.25) is 0 Å². The summed E-state index contributed by atoms with van der Waals surface area (Å²) in [6.07, 6.45) is 4.14. The number of aliphatic hydroxyl groups excluding tert-OH is 1. The van der Waals surface area contributed by atoms with Gasteiger partial charge in [-0.2, -0.15) is 0 Å². The molecule has 0 radical (unpaired) electrons. The minimum Gasteiger partial charge on any atom is -0.395 e. The third kappa shape index (κ3) is 3.87. The predicted molar refractivity (Wildman–Crippen MR) is 120 cm³/mol. The van der Waals surface area contributed by atoms with Crippen molar-refractivity contribution in [1.29, 1.82) is 0 Å². The maximum atomic E-state index is 12.9. The summed E-state index contributed by atoms with van der Waals surface area (Å²) in [6.45, 7) is 3.01. The van der Waals surface area contributed by atoms with E-state index in [4.69, 9.17) is 10.1 Å². The highest BCUT2D eigenvalue weighted by molar-refractivity contribution is 7.18. The Hall–Kier alpha value is -2.28. The lowest BCUT2D eigenvalue weighted by molar-refractivity contribution is 0.0937. The summed E-state index contributed by atoms with van der Waals surface area (Å²) in [7, 11) is 0. The van der Waals surface area contributed by atoms with Crippen LogP contribution in [0.5, 0.6) is 0 Å². The molecule has 1 atom stereocenters.